The topological polar surface area (TPSA) is 49.3 Å². The van der Waals surface area contributed by atoms with E-state index < -0.39 is 0 Å². The Morgan fingerprint density at radius 1 is 1.05 bits per heavy atom. The molecule has 2 N–H and O–H groups in total. The summed E-state index contributed by atoms with van der Waals surface area (Å²) < 4.78 is 0. The molecule has 0 atom stereocenters. The molecule has 104 valence electrons. The van der Waals surface area contributed by atoms with Crippen molar-refractivity contribution < 1.29 is 9.90 Å². The predicted molar refractivity (Wildman–Crippen MR) is 81.5 cm³/mol. The molecule has 2 aromatic rings. The Hall–Kier alpha value is -2.29. The molecule has 2 aromatic carbocycles. The Labute approximate surface area is 119 Å². The molecule has 3 heteroatoms. The summed E-state index contributed by atoms with van der Waals surface area (Å²) in [5.41, 5.74) is 3.57. The van der Waals surface area contributed by atoms with E-state index in [1.165, 1.54) is 5.56 Å². The monoisotopic (exact) mass is 269 g/mol. The van der Waals surface area contributed by atoms with Gasteiger partial charge in [-0.05, 0) is 38.1 Å². The number of ketones is 1. The van der Waals surface area contributed by atoms with Gasteiger partial charge in [0, 0.05) is 18.7 Å². The summed E-state index contributed by atoms with van der Waals surface area (Å²) in [4.78, 5) is 12.1. The SMILES string of the molecule is Cc1ccc(NCCC(=O)c2cc(C)ccc2O)cc1. The second-order valence-corrected chi connectivity index (χ2v) is 4.99. The van der Waals surface area contributed by atoms with Gasteiger partial charge in [0.1, 0.15) is 5.75 Å². The lowest BCUT2D eigenvalue weighted by Gasteiger charge is -2.08. The zero-order chi connectivity index (χ0) is 14.5. The molecule has 0 saturated heterocycles. The lowest BCUT2D eigenvalue weighted by molar-refractivity contribution is 0.0984. The first-order valence-corrected chi connectivity index (χ1v) is 6.69. The lowest BCUT2D eigenvalue weighted by Crippen LogP contribution is -2.09. The van der Waals surface area contributed by atoms with Gasteiger partial charge < -0.3 is 10.4 Å². The van der Waals surface area contributed by atoms with Gasteiger partial charge in [-0.2, -0.15) is 0 Å². The largest absolute Gasteiger partial charge is 0.507 e. The fourth-order valence-corrected chi connectivity index (χ4v) is 2.00. The van der Waals surface area contributed by atoms with Crippen molar-refractivity contribution in [3.8, 4) is 5.75 Å². The van der Waals surface area contributed by atoms with Crippen LogP contribution in [0.4, 0.5) is 5.69 Å². The molecule has 0 aliphatic rings. The highest BCUT2D eigenvalue weighted by atomic mass is 16.3. The average molecular weight is 269 g/mol. The van der Waals surface area contributed by atoms with E-state index in [9.17, 15) is 9.90 Å². The van der Waals surface area contributed by atoms with Gasteiger partial charge in [-0.15, -0.1) is 0 Å². The van der Waals surface area contributed by atoms with Gasteiger partial charge in [-0.3, -0.25) is 4.79 Å². The zero-order valence-electron chi connectivity index (χ0n) is 11.8. The average Bonchev–Trinajstić information content (AvgIpc) is 2.43. The van der Waals surface area contributed by atoms with E-state index in [1.54, 1.807) is 18.2 Å². The van der Waals surface area contributed by atoms with Crippen molar-refractivity contribution in [3.05, 3.63) is 59.2 Å². The van der Waals surface area contributed by atoms with Gasteiger partial charge >= 0.3 is 0 Å². The first kappa shape index (κ1) is 14.1. The van der Waals surface area contributed by atoms with E-state index in [0.717, 1.165) is 11.3 Å². The van der Waals surface area contributed by atoms with Crippen molar-refractivity contribution in [1.29, 1.82) is 0 Å². The third-order valence-electron chi connectivity index (χ3n) is 3.19. The van der Waals surface area contributed by atoms with Gasteiger partial charge in [0.15, 0.2) is 5.78 Å². The molecule has 0 aliphatic carbocycles. The van der Waals surface area contributed by atoms with Gasteiger partial charge in [0.25, 0.3) is 0 Å². The highest BCUT2D eigenvalue weighted by Gasteiger charge is 2.10. The number of aromatic hydroxyl groups is 1. The van der Waals surface area contributed by atoms with Crippen molar-refractivity contribution in [2.45, 2.75) is 20.3 Å². The number of hydrogen-bond donors (Lipinski definition) is 2. The van der Waals surface area contributed by atoms with Crippen molar-refractivity contribution in [1.82, 2.24) is 0 Å². The number of phenols is 1. The van der Waals surface area contributed by atoms with Crippen LogP contribution in [0.2, 0.25) is 0 Å². The number of hydrogen-bond acceptors (Lipinski definition) is 3. The van der Waals surface area contributed by atoms with E-state index in [4.69, 9.17) is 0 Å². The van der Waals surface area contributed by atoms with Crippen LogP contribution in [0.1, 0.15) is 27.9 Å². The van der Waals surface area contributed by atoms with E-state index in [1.807, 2.05) is 38.1 Å². The minimum atomic E-state index is -0.0502. The number of Topliss-reactive ketones (excluding diaryl/α,β-unsaturated/α-hetero) is 1. The van der Waals surface area contributed by atoms with Gasteiger partial charge in [-0.1, -0.05) is 29.3 Å². The van der Waals surface area contributed by atoms with Crippen LogP contribution >= 0.6 is 0 Å². The fourth-order valence-electron chi connectivity index (χ4n) is 2.00. The fraction of sp³-hybridized carbons (Fsp3) is 0.235. The number of carbonyl (C=O) groups excluding carboxylic acids is 1. The highest BCUT2D eigenvalue weighted by Crippen LogP contribution is 2.20. The number of anilines is 1. The van der Waals surface area contributed by atoms with Crippen molar-refractivity contribution in [2.75, 3.05) is 11.9 Å². The number of benzene rings is 2. The Balaban J connectivity index is 1.92. The quantitative estimate of drug-likeness (QED) is 0.814. The summed E-state index contributed by atoms with van der Waals surface area (Å²) in [5.74, 6) is 0.00162. The molecule has 0 radical (unpaired) electrons. The molecule has 0 heterocycles. The predicted octanol–water partition coefficient (Wildman–Crippen LogP) is 3.69. The summed E-state index contributed by atoms with van der Waals surface area (Å²) in [5, 5.41) is 12.9. The molecule has 20 heavy (non-hydrogen) atoms. The van der Waals surface area contributed by atoms with Gasteiger partial charge in [0.05, 0.1) is 5.56 Å². The summed E-state index contributed by atoms with van der Waals surface area (Å²) in [6.45, 7) is 4.49. The number of nitrogens with one attached hydrogen (secondary N) is 1. The normalized spacial score (nSPS) is 10.3. The Kier molecular flexibility index (Phi) is 4.41. The number of phenolic OH excluding ortho intramolecular Hbond substituents is 1. The molecular formula is C17H19NO2. The molecule has 2 rings (SSSR count). The first-order chi connectivity index (χ1) is 9.56. The zero-order valence-corrected chi connectivity index (χ0v) is 11.8. The molecule has 3 nitrogen and oxygen atoms in total. The minimum absolute atomic E-state index is 0.0502. The van der Waals surface area contributed by atoms with Crippen molar-refractivity contribution in [2.24, 2.45) is 0 Å². The maximum atomic E-state index is 12.1. The van der Waals surface area contributed by atoms with Crippen LogP contribution < -0.4 is 5.32 Å². The standard InChI is InChI=1S/C17H19NO2/c1-12-3-6-14(7-4-12)18-10-9-17(20)15-11-13(2)5-8-16(15)19/h3-8,11,18-19H,9-10H2,1-2H3. The molecule has 0 saturated carbocycles. The van der Waals surface area contributed by atoms with Crippen molar-refractivity contribution >= 4 is 11.5 Å². The van der Waals surface area contributed by atoms with Gasteiger partial charge in [-0.25, -0.2) is 0 Å². The van der Waals surface area contributed by atoms with Gasteiger partial charge in [0.2, 0.25) is 0 Å². The molecule has 0 spiro atoms. The molecule has 0 bridgehead atoms. The van der Waals surface area contributed by atoms with Crippen LogP contribution in [0, 0.1) is 13.8 Å². The Morgan fingerprint density at radius 2 is 1.70 bits per heavy atom. The van der Waals surface area contributed by atoms with E-state index in [-0.39, 0.29) is 11.5 Å². The first-order valence-electron chi connectivity index (χ1n) is 6.69. The number of rotatable bonds is 5. The van der Waals surface area contributed by atoms with Crippen LogP contribution in [0.15, 0.2) is 42.5 Å². The van der Waals surface area contributed by atoms with Crippen molar-refractivity contribution in [3.63, 3.8) is 0 Å². The van der Waals surface area contributed by atoms with E-state index in [2.05, 4.69) is 5.32 Å². The second-order valence-electron chi connectivity index (χ2n) is 4.99. The molecule has 0 fully saturated rings. The minimum Gasteiger partial charge on any atom is -0.507 e. The van der Waals surface area contributed by atoms with Crippen LogP contribution in [0.3, 0.4) is 0 Å². The number of aryl methyl sites for hydroxylation is 2. The molecule has 0 aliphatic heterocycles. The maximum absolute atomic E-state index is 12.1. The molecule has 0 amide bonds. The third kappa shape index (κ3) is 3.60. The summed E-state index contributed by atoms with van der Waals surface area (Å²) in [6.07, 6.45) is 0.352. The van der Waals surface area contributed by atoms with E-state index >= 15 is 0 Å². The molecule has 0 aromatic heterocycles. The summed E-state index contributed by atoms with van der Waals surface area (Å²) in [6, 6.07) is 13.1. The number of carbonyl (C=O) groups is 1. The molecular weight excluding hydrogens is 250 g/mol. The smallest absolute Gasteiger partial charge is 0.168 e. The Bertz CT molecular complexity index is 603. The summed E-state index contributed by atoms with van der Waals surface area (Å²) >= 11 is 0. The third-order valence-corrected chi connectivity index (χ3v) is 3.19. The van der Waals surface area contributed by atoms with Crippen LogP contribution in [-0.2, 0) is 0 Å². The Morgan fingerprint density at radius 3 is 2.40 bits per heavy atom. The second kappa shape index (κ2) is 6.24. The van der Waals surface area contributed by atoms with Crippen LogP contribution in [-0.4, -0.2) is 17.4 Å². The highest BCUT2D eigenvalue weighted by molar-refractivity contribution is 5.98. The maximum Gasteiger partial charge on any atom is 0.168 e. The van der Waals surface area contributed by atoms with Crippen LogP contribution in [0.5, 0.6) is 5.75 Å². The van der Waals surface area contributed by atoms with Crippen LogP contribution in [0.25, 0.3) is 0 Å². The van der Waals surface area contributed by atoms with E-state index in [0.29, 0.717) is 18.5 Å². The lowest BCUT2D eigenvalue weighted by atomic mass is 10.0. The summed E-state index contributed by atoms with van der Waals surface area (Å²) in [7, 11) is 0. The molecule has 0 unspecified atom stereocenters.